The summed E-state index contributed by atoms with van der Waals surface area (Å²) < 4.78 is 13.7. The van der Waals surface area contributed by atoms with Crippen LogP contribution in [0.2, 0.25) is 0 Å². The number of rotatable bonds is 4. The Morgan fingerprint density at radius 1 is 1.24 bits per heavy atom. The standard InChI is InChI=1S/C13H14FN3/c1-2-13(11-5-3-4-6-12(11)14)17-10-7-15-9-16-8-10/h3-9,13,17H,2H2,1H3. The average Bonchev–Trinajstić information content (AvgIpc) is 2.38. The number of nitrogens with zero attached hydrogens (tertiary/aromatic N) is 2. The van der Waals surface area contributed by atoms with E-state index < -0.39 is 0 Å². The van der Waals surface area contributed by atoms with Crippen molar-refractivity contribution in [1.82, 2.24) is 9.97 Å². The zero-order valence-electron chi connectivity index (χ0n) is 9.60. The SMILES string of the molecule is CCC(Nc1cncnc1)c1ccccc1F. The van der Waals surface area contributed by atoms with Crippen LogP contribution in [0.5, 0.6) is 0 Å². The molecule has 0 radical (unpaired) electrons. The van der Waals surface area contributed by atoms with E-state index in [4.69, 9.17) is 0 Å². The number of hydrogen-bond donors (Lipinski definition) is 1. The Kier molecular flexibility index (Phi) is 3.65. The molecule has 1 aromatic heterocycles. The van der Waals surface area contributed by atoms with Crippen molar-refractivity contribution in [3.63, 3.8) is 0 Å². The normalized spacial score (nSPS) is 12.1. The molecule has 1 atom stereocenters. The molecule has 4 heteroatoms. The fourth-order valence-electron chi connectivity index (χ4n) is 1.73. The smallest absolute Gasteiger partial charge is 0.128 e. The highest BCUT2D eigenvalue weighted by atomic mass is 19.1. The van der Waals surface area contributed by atoms with Crippen LogP contribution in [-0.2, 0) is 0 Å². The van der Waals surface area contributed by atoms with Crippen molar-refractivity contribution in [1.29, 1.82) is 0 Å². The maximum atomic E-state index is 13.7. The molecule has 0 amide bonds. The van der Waals surface area contributed by atoms with Crippen LogP contribution in [-0.4, -0.2) is 9.97 Å². The first-order valence-electron chi connectivity index (χ1n) is 5.57. The molecule has 0 saturated heterocycles. The van der Waals surface area contributed by atoms with Gasteiger partial charge in [-0.25, -0.2) is 14.4 Å². The molecule has 1 N–H and O–H groups in total. The van der Waals surface area contributed by atoms with E-state index in [9.17, 15) is 4.39 Å². The Balaban J connectivity index is 2.21. The van der Waals surface area contributed by atoms with Gasteiger partial charge < -0.3 is 5.32 Å². The van der Waals surface area contributed by atoms with Crippen LogP contribution in [0.4, 0.5) is 10.1 Å². The molecule has 0 saturated carbocycles. The second-order valence-electron chi connectivity index (χ2n) is 3.75. The number of halogens is 1. The summed E-state index contributed by atoms with van der Waals surface area (Å²) in [6, 6.07) is 6.73. The van der Waals surface area contributed by atoms with Gasteiger partial charge in [0, 0.05) is 5.56 Å². The monoisotopic (exact) mass is 231 g/mol. The topological polar surface area (TPSA) is 37.8 Å². The lowest BCUT2D eigenvalue weighted by molar-refractivity contribution is 0.587. The van der Waals surface area contributed by atoms with Crippen molar-refractivity contribution in [2.45, 2.75) is 19.4 Å². The van der Waals surface area contributed by atoms with Gasteiger partial charge in [0.25, 0.3) is 0 Å². The Hall–Kier alpha value is -1.97. The molecule has 3 nitrogen and oxygen atoms in total. The largest absolute Gasteiger partial charge is 0.376 e. The van der Waals surface area contributed by atoms with Gasteiger partial charge in [-0.3, -0.25) is 0 Å². The number of aromatic nitrogens is 2. The summed E-state index contributed by atoms with van der Waals surface area (Å²) in [7, 11) is 0. The van der Waals surface area contributed by atoms with E-state index in [1.54, 1.807) is 24.5 Å². The van der Waals surface area contributed by atoms with Crippen LogP contribution in [0.3, 0.4) is 0 Å². The zero-order valence-corrected chi connectivity index (χ0v) is 9.60. The van der Waals surface area contributed by atoms with E-state index in [1.807, 2.05) is 13.0 Å². The molecule has 0 spiro atoms. The molecule has 0 aliphatic rings. The van der Waals surface area contributed by atoms with Gasteiger partial charge >= 0.3 is 0 Å². The van der Waals surface area contributed by atoms with Gasteiger partial charge in [-0.15, -0.1) is 0 Å². The Morgan fingerprint density at radius 2 is 1.94 bits per heavy atom. The predicted molar refractivity (Wildman–Crippen MR) is 65.1 cm³/mol. The van der Waals surface area contributed by atoms with Crippen LogP contribution in [0.1, 0.15) is 24.9 Å². The Labute approximate surface area is 99.7 Å². The Morgan fingerprint density at radius 3 is 2.59 bits per heavy atom. The lowest BCUT2D eigenvalue weighted by Gasteiger charge is -2.18. The second kappa shape index (κ2) is 5.39. The molecule has 17 heavy (non-hydrogen) atoms. The minimum Gasteiger partial charge on any atom is -0.376 e. The van der Waals surface area contributed by atoms with Crippen LogP contribution < -0.4 is 5.32 Å². The first-order valence-corrected chi connectivity index (χ1v) is 5.57. The highest BCUT2D eigenvalue weighted by molar-refractivity contribution is 5.41. The van der Waals surface area contributed by atoms with Crippen molar-refractivity contribution in [3.05, 3.63) is 54.4 Å². The minimum absolute atomic E-state index is 0.0674. The highest BCUT2D eigenvalue weighted by Gasteiger charge is 2.13. The third-order valence-corrected chi connectivity index (χ3v) is 2.59. The summed E-state index contributed by atoms with van der Waals surface area (Å²) in [6.45, 7) is 2.01. The highest BCUT2D eigenvalue weighted by Crippen LogP contribution is 2.23. The number of nitrogens with one attached hydrogen (secondary N) is 1. The molecule has 1 aromatic carbocycles. The summed E-state index contributed by atoms with van der Waals surface area (Å²) in [5.41, 5.74) is 1.46. The summed E-state index contributed by atoms with van der Waals surface area (Å²) in [6.07, 6.45) is 5.61. The molecule has 0 aliphatic carbocycles. The molecule has 2 rings (SSSR count). The molecule has 0 bridgehead atoms. The number of anilines is 1. The predicted octanol–water partition coefficient (Wildman–Crippen LogP) is 3.18. The molecule has 1 heterocycles. The van der Waals surface area contributed by atoms with Crippen LogP contribution in [0.15, 0.2) is 43.0 Å². The van der Waals surface area contributed by atoms with E-state index in [-0.39, 0.29) is 11.9 Å². The molecular formula is C13H14FN3. The van der Waals surface area contributed by atoms with Crippen molar-refractivity contribution in [3.8, 4) is 0 Å². The number of hydrogen-bond acceptors (Lipinski definition) is 3. The van der Waals surface area contributed by atoms with Gasteiger partial charge in [-0.2, -0.15) is 0 Å². The van der Waals surface area contributed by atoms with E-state index in [1.165, 1.54) is 12.4 Å². The molecule has 1 unspecified atom stereocenters. The first-order chi connectivity index (χ1) is 8.31. The van der Waals surface area contributed by atoms with Gasteiger partial charge in [-0.1, -0.05) is 25.1 Å². The number of benzene rings is 1. The third kappa shape index (κ3) is 2.78. The first kappa shape index (κ1) is 11.5. The lowest BCUT2D eigenvalue weighted by atomic mass is 10.0. The minimum atomic E-state index is -0.191. The van der Waals surface area contributed by atoms with Gasteiger partial charge in [0.1, 0.15) is 12.1 Å². The van der Waals surface area contributed by atoms with Crippen molar-refractivity contribution in [2.75, 3.05) is 5.32 Å². The van der Waals surface area contributed by atoms with E-state index in [0.29, 0.717) is 5.56 Å². The Bertz CT molecular complexity index is 473. The second-order valence-corrected chi connectivity index (χ2v) is 3.75. The van der Waals surface area contributed by atoms with Crippen LogP contribution in [0.25, 0.3) is 0 Å². The summed E-state index contributed by atoms with van der Waals surface area (Å²) in [5, 5.41) is 3.22. The van der Waals surface area contributed by atoms with Crippen LogP contribution in [0, 0.1) is 5.82 Å². The van der Waals surface area contributed by atoms with E-state index in [0.717, 1.165) is 12.1 Å². The van der Waals surface area contributed by atoms with E-state index in [2.05, 4.69) is 15.3 Å². The molecule has 0 aliphatic heterocycles. The molecule has 88 valence electrons. The summed E-state index contributed by atoms with van der Waals surface area (Å²) >= 11 is 0. The zero-order chi connectivity index (χ0) is 12.1. The van der Waals surface area contributed by atoms with Crippen molar-refractivity contribution < 1.29 is 4.39 Å². The maximum Gasteiger partial charge on any atom is 0.128 e. The van der Waals surface area contributed by atoms with Gasteiger partial charge in [0.15, 0.2) is 0 Å². The quantitative estimate of drug-likeness (QED) is 0.878. The van der Waals surface area contributed by atoms with Gasteiger partial charge in [-0.05, 0) is 12.5 Å². The molecule has 0 fully saturated rings. The van der Waals surface area contributed by atoms with Crippen molar-refractivity contribution in [2.24, 2.45) is 0 Å². The van der Waals surface area contributed by atoms with Gasteiger partial charge in [0.2, 0.25) is 0 Å². The van der Waals surface area contributed by atoms with Crippen molar-refractivity contribution >= 4 is 5.69 Å². The molecule has 2 aromatic rings. The summed E-state index contributed by atoms with van der Waals surface area (Å²) in [4.78, 5) is 7.84. The maximum absolute atomic E-state index is 13.7. The van der Waals surface area contributed by atoms with Crippen LogP contribution >= 0.6 is 0 Å². The fraction of sp³-hybridized carbons (Fsp3) is 0.231. The summed E-state index contributed by atoms with van der Waals surface area (Å²) in [5.74, 6) is -0.191. The lowest BCUT2D eigenvalue weighted by Crippen LogP contribution is -2.11. The third-order valence-electron chi connectivity index (χ3n) is 2.59. The fourth-order valence-corrected chi connectivity index (χ4v) is 1.73. The van der Waals surface area contributed by atoms with E-state index >= 15 is 0 Å². The average molecular weight is 231 g/mol. The molecular weight excluding hydrogens is 217 g/mol. The van der Waals surface area contributed by atoms with Gasteiger partial charge in [0.05, 0.1) is 24.1 Å².